The van der Waals surface area contributed by atoms with E-state index < -0.39 is 11.7 Å². The topological polar surface area (TPSA) is 49.5 Å². The molecule has 2 aromatic rings. The Kier molecular flexibility index (Phi) is 3.47. The minimum atomic E-state index is -1.29. The highest BCUT2D eigenvalue weighted by molar-refractivity contribution is 6.01. The first-order valence-electron chi connectivity index (χ1n) is 7.10. The summed E-state index contributed by atoms with van der Waals surface area (Å²) in [6.45, 7) is 3.39. The third-order valence-corrected chi connectivity index (χ3v) is 4.28. The first-order chi connectivity index (χ1) is 10.5. The van der Waals surface area contributed by atoms with Gasteiger partial charge in [-0.1, -0.05) is 18.2 Å². The predicted octanol–water partition coefficient (Wildman–Crippen LogP) is 3.09. The van der Waals surface area contributed by atoms with Crippen LogP contribution in [0.15, 0.2) is 54.6 Å². The van der Waals surface area contributed by atoms with Gasteiger partial charge in [-0.05, 0) is 43.3 Å². The average molecular weight is 300 g/mol. The molecule has 3 rings (SSSR count). The monoisotopic (exact) mass is 300 g/mol. The number of hydroxylamine groups is 3. The van der Waals surface area contributed by atoms with Gasteiger partial charge in [-0.2, -0.15) is 4.74 Å². The number of halogens is 1. The van der Waals surface area contributed by atoms with Crippen LogP contribution in [0.4, 0.5) is 4.39 Å². The maximum atomic E-state index is 13.1. The maximum absolute atomic E-state index is 13.1. The smallest absolute Gasteiger partial charge is 0.274 e. The van der Waals surface area contributed by atoms with Gasteiger partial charge >= 0.3 is 0 Å². The Morgan fingerprint density at radius 1 is 1.14 bits per heavy atom. The molecule has 2 atom stereocenters. The van der Waals surface area contributed by atoms with Crippen molar-refractivity contribution in [3.8, 4) is 0 Å². The number of rotatable bonds is 2. The number of benzene rings is 2. The number of hydrogen-bond donors (Lipinski definition) is 1. The zero-order valence-corrected chi connectivity index (χ0v) is 12.4. The van der Waals surface area contributed by atoms with Crippen LogP contribution in [-0.2, 0) is 5.66 Å². The van der Waals surface area contributed by atoms with Crippen LogP contribution in [0.5, 0.6) is 0 Å². The first kappa shape index (κ1) is 14.7. The van der Waals surface area contributed by atoms with Crippen molar-refractivity contribution in [1.29, 1.82) is 0 Å². The van der Waals surface area contributed by atoms with Crippen LogP contribution in [0.3, 0.4) is 0 Å². The highest BCUT2D eigenvalue weighted by atomic mass is 19.1. The summed E-state index contributed by atoms with van der Waals surface area (Å²) in [5, 5.41) is 24.5. The molecule has 2 unspecified atom stereocenters. The van der Waals surface area contributed by atoms with Crippen LogP contribution in [0.25, 0.3) is 0 Å². The molecule has 0 amide bonds. The van der Waals surface area contributed by atoms with Crippen molar-refractivity contribution in [2.75, 3.05) is 0 Å². The minimum absolute atomic E-state index is 0.382. The van der Waals surface area contributed by atoms with E-state index in [0.29, 0.717) is 11.3 Å². The molecule has 1 aliphatic heterocycles. The molecule has 114 valence electrons. The highest BCUT2D eigenvalue weighted by Crippen LogP contribution is 2.36. The standard InChI is InChI=1S/C17H17FN2O2/c1-12-16(13-6-4-3-5-7-13)20(22)17(2,19(12)21)14-8-10-15(18)11-9-14/h3-12,21H,1-2H3. The zero-order valence-electron chi connectivity index (χ0n) is 12.4. The van der Waals surface area contributed by atoms with Gasteiger partial charge in [-0.25, -0.2) is 4.39 Å². The van der Waals surface area contributed by atoms with Gasteiger partial charge in [0.1, 0.15) is 11.9 Å². The summed E-state index contributed by atoms with van der Waals surface area (Å²) in [4.78, 5) is 0. The quantitative estimate of drug-likeness (QED) is 0.685. The predicted molar refractivity (Wildman–Crippen MR) is 81.0 cm³/mol. The van der Waals surface area contributed by atoms with Crippen molar-refractivity contribution in [2.24, 2.45) is 0 Å². The summed E-state index contributed by atoms with van der Waals surface area (Å²) >= 11 is 0. The molecule has 1 heterocycles. The Balaban J connectivity index is 2.16. The second kappa shape index (κ2) is 5.19. The SMILES string of the molecule is CC1C(c2ccccc2)=[N+]([O-])C(C)(c2ccc(F)cc2)N1O. The van der Waals surface area contributed by atoms with E-state index in [1.54, 1.807) is 13.8 Å². The molecule has 0 fully saturated rings. The van der Waals surface area contributed by atoms with Gasteiger partial charge in [0, 0.05) is 18.1 Å². The van der Waals surface area contributed by atoms with E-state index in [0.717, 1.165) is 15.4 Å². The zero-order chi connectivity index (χ0) is 15.9. The summed E-state index contributed by atoms with van der Waals surface area (Å²) in [6, 6.07) is 14.4. The lowest BCUT2D eigenvalue weighted by atomic mass is 10.0. The molecule has 2 aromatic carbocycles. The molecule has 0 radical (unpaired) electrons. The Morgan fingerprint density at radius 3 is 2.32 bits per heavy atom. The second-order valence-corrected chi connectivity index (χ2v) is 5.59. The van der Waals surface area contributed by atoms with Crippen LogP contribution >= 0.6 is 0 Å². The van der Waals surface area contributed by atoms with Crippen molar-refractivity contribution >= 4 is 5.71 Å². The summed E-state index contributed by atoms with van der Waals surface area (Å²) in [6.07, 6.45) is 0. The largest absolute Gasteiger partial charge is 0.622 e. The Bertz CT molecular complexity index is 715. The van der Waals surface area contributed by atoms with E-state index >= 15 is 0 Å². The molecule has 0 saturated carbocycles. The van der Waals surface area contributed by atoms with E-state index in [9.17, 15) is 14.8 Å². The molecule has 0 saturated heterocycles. The Labute approximate surface area is 128 Å². The van der Waals surface area contributed by atoms with Crippen LogP contribution in [0.2, 0.25) is 0 Å². The van der Waals surface area contributed by atoms with Crippen molar-refractivity contribution in [2.45, 2.75) is 25.6 Å². The molecule has 0 spiro atoms. The van der Waals surface area contributed by atoms with Gasteiger partial charge in [0.15, 0.2) is 0 Å². The number of nitrogens with zero attached hydrogens (tertiary/aromatic N) is 2. The van der Waals surface area contributed by atoms with E-state index in [1.165, 1.54) is 24.3 Å². The summed E-state index contributed by atoms with van der Waals surface area (Å²) < 4.78 is 13.9. The molecule has 1 N–H and O–H groups in total. The molecule has 0 aromatic heterocycles. The van der Waals surface area contributed by atoms with Gasteiger partial charge < -0.3 is 10.4 Å². The van der Waals surface area contributed by atoms with Crippen molar-refractivity contribution in [3.63, 3.8) is 0 Å². The van der Waals surface area contributed by atoms with Crippen molar-refractivity contribution in [3.05, 3.63) is 76.7 Å². The van der Waals surface area contributed by atoms with Gasteiger partial charge in [-0.3, -0.25) is 0 Å². The third-order valence-electron chi connectivity index (χ3n) is 4.28. The van der Waals surface area contributed by atoms with Gasteiger partial charge in [0.05, 0.1) is 0 Å². The molecule has 0 aliphatic carbocycles. The minimum Gasteiger partial charge on any atom is -0.622 e. The lowest BCUT2D eigenvalue weighted by molar-refractivity contribution is -0.595. The van der Waals surface area contributed by atoms with E-state index in [-0.39, 0.29) is 5.82 Å². The summed E-state index contributed by atoms with van der Waals surface area (Å²) in [5.41, 5.74) is 0.479. The van der Waals surface area contributed by atoms with Crippen LogP contribution < -0.4 is 0 Å². The molecule has 0 bridgehead atoms. The van der Waals surface area contributed by atoms with Crippen LogP contribution in [0, 0.1) is 11.0 Å². The Hall–Kier alpha value is -2.24. The molecular formula is C17H17FN2O2. The fourth-order valence-corrected chi connectivity index (χ4v) is 2.97. The highest BCUT2D eigenvalue weighted by Gasteiger charge is 2.54. The summed E-state index contributed by atoms with van der Waals surface area (Å²) in [5.74, 6) is -0.382. The molecule has 4 nitrogen and oxygen atoms in total. The number of hydrogen-bond acceptors (Lipinski definition) is 3. The lowest BCUT2D eigenvalue weighted by Gasteiger charge is -2.29. The first-order valence-corrected chi connectivity index (χ1v) is 7.10. The molecular weight excluding hydrogens is 283 g/mol. The molecule has 22 heavy (non-hydrogen) atoms. The van der Waals surface area contributed by atoms with Crippen LogP contribution in [0.1, 0.15) is 25.0 Å². The summed E-state index contributed by atoms with van der Waals surface area (Å²) in [7, 11) is 0. The van der Waals surface area contributed by atoms with E-state index in [1.807, 2.05) is 30.3 Å². The molecule has 1 aliphatic rings. The van der Waals surface area contributed by atoms with Crippen molar-refractivity contribution in [1.82, 2.24) is 5.06 Å². The van der Waals surface area contributed by atoms with Crippen molar-refractivity contribution < 1.29 is 14.3 Å². The maximum Gasteiger partial charge on any atom is 0.274 e. The van der Waals surface area contributed by atoms with E-state index in [2.05, 4.69) is 0 Å². The Morgan fingerprint density at radius 2 is 1.73 bits per heavy atom. The second-order valence-electron chi connectivity index (χ2n) is 5.59. The van der Waals surface area contributed by atoms with Gasteiger partial charge in [-0.15, -0.1) is 5.06 Å². The third kappa shape index (κ3) is 2.01. The fourth-order valence-electron chi connectivity index (χ4n) is 2.97. The average Bonchev–Trinajstić information content (AvgIpc) is 2.71. The van der Waals surface area contributed by atoms with Crippen LogP contribution in [-0.4, -0.2) is 26.8 Å². The molecule has 5 heteroatoms. The lowest BCUT2D eigenvalue weighted by Crippen LogP contribution is -2.45. The van der Waals surface area contributed by atoms with Gasteiger partial charge in [0.2, 0.25) is 5.71 Å². The van der Waals surface area contributed by atoms with Gasteiger partial charge in [0.25, 0.3) is 5.66 Å². The fraction of sp³-hybridized carbons (Fsp3) is 0.235. The van der Waals surface area contributed by atoms with E-state index in [4.69, 9.17) is 0 Å². The normalized spacial score (nSPS) is 25.7.